The molecule has 0 saturated carbocycles. The van der Waals surface area contributed by atoms with Crippen LogP contribution in [0.25, 0.3) is 0 Å². The molecule has 1 fully saturated rings. The van der Waals surface area contributed by atoms with Crippen LogP contribution in [0.5, 0.6) is 0 Å². The van der Waals surface area contributed by atoms with E-state index in [2.05, 4.69) is 18.7 Å². The summed E-state index contributed by atoms with van der Waals surface area (Å²) in [6.07, 6.45) is 0. The van der Waals surface area contributed by atoms with Crippen molar-refractivity contribution in [1.29, 1.82) is 0 Å². The maximum atomic E-state index is 12.3. The van der Waals surface area contributed by atoms with E-state index in [1.54, 1.807) is 12.1 Å². The molecule has 0 spiro atoms. The molecule has 1 aromatic rings. The molecule has 8 heteroatoms. The first-order chi connectivity index (χ1) is 11.2. The Kier molecular flexibility index (Phi) is 7.67. The fourth-order valence-corrected chi connectivity index (χ4v) is 2.44. The van der Waals surface area contributed by atoms with E-state index in [9.17, 15) is 4.79 Å². The number of hydrogen-bond acceptors (Lipinski definition) is 4. The summed E-state index contributed by atoms with van der Waals surface area (Å²) in [6, 6.07) is 7.71. The predicted molar refractivity (Wildman–Crippen MR) is 89.3 cm³/mol. The van der Waals surface area contributed by atoms with Gasteiger partial charge in [-0.1, -0.05) is 17.7 Å². The van der Waals surface area contributed by atoms with Crippen LogP contribution < -0.4 is 0 Å². The zero-order valence-corrected chi connectivity index (χ0v) is 14.4. The highest BCUT2D eigenvalue weighted by Crippen LogP contribution is 2.14. The third kappa shape index (κ3) is 6.17. The molecule has 7 nitrogen and oxygen atoms in total. The van der Waals surface area contributed by atoms with E-state index in [0.29, 0.717) is 16.6 Å². The van der Waals surface area contributed by atoms with Crippen LogP contribution in [0, 0.1) is 0 Å². The lowest BCUT2D eigenvalue weighted by molar-refractivity contribution is -0.159. The SMILES string of the molecule is CC(C)N1CCN(C(=O)c2cccc(Cl)c2)CC1.O=C(O)C(=O)O. The highest BCUT2D eigenvalue weighted by molar-refractivity contribution is 6.31. The Morgan fingerprint density at radius 1 is 1.04 bits per heavy atom. The van der Waals surface area contributed by atoms with Gasteiger partial charge in [0.1, 0.15) is 0 Å². The second kappa shape index (κ2) is 9.24. The summed E-state index contributed by atoms with van der Waals surface area (Å²) in [7, 11) is 0. The number of piperazine rings is 1. The third-order valence-electron chi connectivity index (χ3n) is 3.59. The van der Waals surface area contributed by atoms with Crippen LogP contribution in [0.1, 0.15) is 24.2 Å². The number of rotatable bonds is 2. The zero-order valence-electron chi connectivity index (χ0n) is 13.6. The van der Waals surface area contributed by atoms with Gasteiger partial charge in [-0.3, -0.25) is 9.69 Å². The lowest BCUT2D eigenvalue weighted by atomic mass is 10.1. The Morgan fingerprint density at radius 3 is 2.00 bits per heavy atom. The Labute approximate surface area is 145 Å². The van der Waals surface area contributed by atoms with Crippen LogP contribution in [0.4, 0.5) is 0 Å². The first-order valence-corrected chi connectivity index (χ1v) is 7.85. The molecule has 2 rings (SSSR count). The maximum Gasteiger partial charge on any atom is 0.414 e. The van der Waals surface area contributed by atoms with Crippen LogP contribution >= 0.6 is 11.6 Å². The second-order valence-electron chi connectivity index (χ2n) is 5.54. The number of benzene rings is 1. The van der Waals surface area contributed by atoms with Crippen molar-refractivity contribution in [3.63, 3.8) is 0 Å². The van der Waals surface area contributed by atoms with E-state index in [4.69, 9.17) is 31.4 Å². The van der Waals surface area contributed by atoms with Crippen LogP contribution in [-0.2, 0) is 9.59 Å². The van der Waals surface area contributed by atoms with Gasteiger partial charge in [0.15, 0.2) is 0 Å². The fraction of sp³-hybridized carbons (Fsp3) is 0.438. The molecule has 1 aromatic carbocycles. The van der Waals surface area contributed by atoms with Crippen LogP contribution in [0.3, 0.4) is 0 Å². The van der Waals surface area contributed by atoms with E-state index < -0.39 is 11.9 Å². The highest BCUT2D eigenvalue weighted by atomic mass is 35.5. The topological polar surface area (TPSA) is 98.2 Å². The summed E-state index contributed by atoms with van der Waals surface area (Å²) >= 11 is 5.91. The number of carbonyl (C=O) groups excluding carboxylic acids is 1. The Morgan fingerprint density at radius 2 is 1.58 bits per heavy atom. The highest BCUT2D eigenvalue weighted by Gasteiger charge is 2.23. The molecule has 0 aromatic heterocycles. The lowest BCUT2D eigenvalue weighted by Crippen LogP contribution is -2.50. The van der Waals surface area contributed by atoms with E-state index in [0.717, 1.165) is 26.2 Å². The molecule has 132 valence electrons. The van der Waals surface area contributed by atoms with E-state index >= 15 is 0 Å². The van der Waals surface area contributed by atoms with Crippen molar-refractivity contribution in [3.05, 3.63) is 34.9 Å². The van der Waals surface area contributed by atoms with Crippen LogP contribution in [-0.4, -0.2) is 70.1 Å². The van der Waals surface area contributed by atoms with Crippen molar-refractivity contribution in [2.24, 2.45) is 0 Å². The average Bonchev–Trinajstić information content (AvgIpc) is 2.54. The van der Waals surface area contributed by atoms with Crippen molar-refractivity contribution in [1.82, 2.24) is 9.80 Å². The summed E-state index contributed by atoms with van der Waals surface area (Å²) in [4.78, 5) is 34.8. The number of carboxylic acid groups (broad SMARTS) is 2. The first-order valence-electron chi connectivity index (χ1n) is 7.47. The molecule has 24 heavy (non-hydrogen) atoms. The molecule has 1 aliphatic rings. The number of aliphatic carboxylic acids is 2. The number of nitrogens with zero attached hydrogens (tertiary/aromatic N) is 2. The van der Waals surface area contributed by atoms with E-state index in [1.165, 1.54) is 0 Å². The Balaban J connectivity index is 0.000000413. The van der Waals surface area contributed by atoms with Gasteiger partial charge in [-0.2, -0.15) is 0 Å². The molecule has 0 radical (unpaired) electrons. The number of halogens is 1. The molecule has 0 atom stereocenters. The number of hydrogen-bond donors (Lipinski definition) is 2. The quantitative estimate of drug-likeness (QED) is 0.782. The summed E-state index contributed by atoms with van der Waals surface area (Å²) in [5.41, 5.74) is 0.681. The minimum Gasteiger partial charge on any atom is -0.473 e. The standard InChI is InChI=1S/C14H19ClN2O.C2H2O4/c1-11(2)16-6-8-17(9-7-16)14(18)12-4-3-5-13(15)10-12;3-1(4)2(5)6/h3-5,10-11H,6-9H2,1-2H3;(H,3,4)(H,5,6). The molecule has 1 saturated heterocycles. The average molecular weight is 357 g/mol. The van der Waals surface area contributed by atoms with Gasteiger partial charge in [-0.05, 0) is 32.0 Å². The largest absolute Gasteiger partial charge is 0.473 e. The summed E-state index contributed by atoms with van der Waals surface area (Å²) in [6.45, 7) is 7.86. The predicted octanol–water partition coefficient (Wildman–Crippen LogP) is 1.66. The molecule has 0 bridgehead atoms. The first kappa shape index (κ1) is 19.9. The minimum absolute atomic E-state index is 0.0842. The van der Waals surface area contributed by atoms with Gasteiger partial charge in [-0.15, -0.1) is 0 Å². The second-order valence-corrected chi connectivity index (χ2v) is 5.98. The summed E-state index contributed by atoms with van der Waals surface area (Å²) in [5.74, 6) is -3.56. The normalized spacial score (nSPS) is 14.8. The van der Waals surface area contributed by atoms with E-state index in [-0.39, 0.29) is 5.91 Å². The van der Waals surface area contributed by atoms with Gasteiger partial charge in [0.05, 0.1) is 0 Å². The Hall–Kier alpha value is -2.12. The summed E-state index contributed by atoms with van der Waals surface area (Å²) in [5, 5.41) is 15.4. The molecule has 0 unspecified atom stereocenters. The van der Waals surface area contributed by atoms with Gasteiger partial charge in [0, 0.05) is 42.8 Å². The monoisotopic (exact) mass is 356 g/mol. The van der Waals surface area contributed by atoms with Crippen molar-refractivity contribution < 1.29 is 24.6 Å². The molecule has 1 heterocycles. The number of amides is 1. The van der Waals surface area contributed by atoms with Crippen molar-refractivity contribution in [2.75, 3.05) is 26.2 Å². The molecule has 1 aliphatic heterocycles. The van der Waals surface area contributed by atoms with E-state index in [1.807, 2.05) is 17.0 Å². The molecule has 0 aliphatic carbocycles. The minimum atomic E-state index is -1.82. The van der Waals surface area contributed by atoms with Gasteiger partial charge in [0.25, 0.3) is 5.91 Å². The van der Waals surface area contributed by atoms with Gasteiger partial charge >= 0.3 is 11.9 Å². The van der Waals surface area contributed by atoms with Crippen molar-refractivity contribution >= 4 is 29.4 Å². The van der Waals surface area contributed by atoms with Crippen LogP contribution in [0.15, 0.2) is 24.3 Å². The smallest absolute Gasteiger partial charge is 0.414 e. The molecule has 2 N–H and O–H groups in total. The molecule has 1 amide bonds. The van der Waals surface area contributed by atoms with Crippen molar-refractivity contribution in [3.8, 4) is 0 Å². The number of carboxylic acids is 2. The van der Waals surface area contributed by atoms with Gasteiger partial charge < -0.3 is 15.1 Å². The van der Waals surface area contributed by atoms with Crippen molar-refractivity contribution in [2.45, 2.75) is 19.9 Å². The van der Waals surface area contributed by atoms with Gasteiger partial charge in [0.2, 0.25) is 0 Å². The van der Waals surface area contributed by atoms with Crippen LogP contribution in [0.2, 0.25) is 5.02 Å². The maximum absolute atomic E-state index is 12.3. The molecular formula is C16H21ClN2O5. The summed E-state index contributed by atoms with van der Waals surface area (Å²) < 4.78 is 0. The third-order valence-corrected chi connectivity index (χ3v) is 3.82. The Bertz CT molecular complexity index is 586. The molecular weight excluding hydrogens is 336 g/mol. The fourth-order valence-electron chi connectivity index (χ4n) is 2.25. The number of carbonyl (C=O) groups is 3. The lowest BCUT2D eigenvalue weighted by Gasteiger charge is -2.37. The zero-order chi connectivity index (χ0) is 18.3. The van der Waals surface area contributed by atoms with Gasteiger partial charge in [-0.25, -0.2) is 9.59 Å².